The van der Waals surface area contributed by atoms with Crippen LogP contribution >= 0.6 is 0 Å². The van der Waals surface area contributed by atoms with E-state index in [0.29, 0.717) is 5.92 Å². The van der Waals surface area contributed by atoms with Crippen LogP contribution in [0.2, 0.25) is 0 Å². The van der Waals surface area contributed by atoms with Gasteiger partial charge in [-0.1, -0.05) is 6.92 Å². The fourth-order valence-electron chi connectivity index (χ4n) is 1.19. The highest BCUT2D eigenvalue weighted by Crippen LogP contribution is 2.35. The van der Waals surface area contributed by atoms with Crippen LogP contribution in [0.3, 0.4) is 0 Å². The number of rotatable bonds is 3. The number of nitrogens with one attached hydrogen (secondary N) is 1. The summed E-state index contributed by atoms with van der Waals surface area (Å²) in [6.07, 6.45) is 5.18. The molecule has 12 heavy (non-hydrogen) atoms. The molecule has 2 aliphatic carbocycles. The second-order valence-electron chi connectivity index (χ2n) is 3.91. The van der Waals surface area contributed by atoms with E-state index in [-0.39, 0.29) is 11.8 Å². The minimum Gasteiger partial charge on any atom is -0.273 e. The van der Waals surface area contributed by atoms with E-state index in [2.05, 4.69) is 17.5 Å². The zero-order valence-electron chi connectivity index (χ0n) is 7.29. The van der Waals surface area contributed by atoms with Gasteiger partial charge in [0.15, 0.2) is 0 Å². The zero-order chi connectivity index (χ0) is 8.55. The molecule has 0 aromatic rings. The van der Waals surface area contributed by atoms with Crippen molar-refractivity contribution in [3.05, 3.63) is 0 Å². The van der Waals surface area contributed by atoms with E-state index in [1.54, 1.807) is 0 Å². The quantitative estimate of drug-likeness (QED) is 0.496. The smallest absolute Gasteiger partial charge is 0.243 e. The van der Waals surface area contributed by atoms with Gasteiger partial charge in [-0.3, -0.25) is 4.79 Å². The molecule has 2 rings (SSSR count). The second kappa shape index (κ2) is 2.88. The molecule has 2 atom stereocenters. The van der Waals surface area contributed by atoms with Crippen molar-refractivity contribution in [2.45, 2.75) is 26.2 Å². The van der Waals surface area contributed by atoms with E-state index in [9.17, 15) is 4.79 Å². The standard InChI is InChI=1S/C9H14N2O/c1-6-4-8(6)5-10-11-9(12)7-2-3-7/h5-8H,2-4H2,1H3,(H,11,12)/b10-5+. The first kappa shape index (κ1) is 7.77. The lowest BCUT2D eigenvalue weighted by atomic mass is 10.4. The largest absolute Gasteiger partial charge is 0.273 e. The fourth-order valence-corrected chi connectivity index (χ4v) is 1.19. The highest BCUT2D eigenvalue weighted by Gasteiger charge is 2.31. The monoisotopic (exact) mass is 166 g/mol. The van der Waals surface area contributed by atoms with Gasteiger partial charge in [0.05, 0.1) is 0 Å². The van der Waals surface area contributed by atoms with Gasteiger partial charge in [-0.15, -0.1) is 0 Å². The van der Waals surface area contributed by atoms with Crippen molar-refractivity contribution in [2.75, 3.05) is 0 Å². The average Bonchev–Trinajstić information content (AvgIpc) is 2.85. The van der Waals surface area contributed by atoms with Gasteiger partial charge >= 0.3 is 0 Å². The van der Waals surface area contributed by atoms with Crippen LogP contribution in [-0.2, 0) is 4.79 Å². The Balaban J connectivity index is 1.66. The van der Waals surface area contributed by atoms with Gasteiger partial charge in [-0.2, -0.15) is 5.10 Å². The number of hydrogen-bond donors (Lipinski definition) is 1. The molecule has 2 saturated carbocycles. The number of carbonyl (C=O) groups excluding carboxylic acids is 1. The molecule has 66 valence electrons. The first-order valence-electron chi connectivity index (χ1n) is 4.60. The lowest BCUT2D eigenvalue weighted by Gasteiger charge is -1.93. The molecule has 0 aliphatic heterocycles. The van der Waals surface area contributed by atoms with E-state index in [0.717, 1.165) is 18.8 Å². The van der Waals surface area contributed by atoms with E-state index < -0.39 is 0 Å². The van der Waals surface area contributed by atoms with Gasteiger partial charge in [0, 0.05) is 12.1 Å². The Hall–Kier alpha value is -0.860. The highest BCUT2D eigenvalue weighted by atomic mass is 16.2. The Morgan fingerprint density at radius 1 is 1.58 bits per heavy atom. The van der Waals surface area contributed by atoms with Crippen molar-refractivity contribution in [1.82, 2.24) is 5.43 Å². The van der Waals surface area contributed by atoms with Crippen molar-refractivity contribution in [2.24, 2.45) is 22.9 Å². The summed E-state index contributed by atoms with van der Waals surface area (Å²) in [4.78, 5) is 11.1. The molecule has 3 nitrogen and oxygen atoms in total. The van der Waals surface area contributed by atoms with Crippen LogP contribution in [0.5, 0.6) is 0 Å². The van der Waals surface area contributed by atoms with Gasteiger partial charge < -0.3 is 0 Å². The molecular formula is C9H14N2O. The Labute approximate surface area is 72.2 Å². The summed E-state index contributed by atoms with van der Waals surface area (Å²) in [6.45, 7) is 2.19. The zero-order valence-corrected chi connectivity index (χ0v) is 7.29. The molecule has 0 bridgehead atoms. The molecule has 0 aromatic heterocycles. The topological polar surface area (TPSA) is 41.5 Å². The van der Waals surface area contributed by atoms with Crippen LogP contribution in [0, 0.1) is 17.8 Å². The summed E-state index contributed by atoms with van der Waals surface area (Å²) < 4.78 is 0. The molecule has 0 spiro atoms. The molecule has 2 aliphatic rings. The minimum absolute atomic E-state index is 0.0968. The molecule has 0 radical (unpaired) electrons. The number of hydrazone groups is 1. The normalized spacial score (nSPS) is 33.8. The van der Waals surface area contributed by atoms with Crippen LogP contribution < -0.4 is 5.43 Å². The molecule has 3 heteroatoms. The molecule has 1 amide bonds. The number of hydrogen-bond acceptors (Lipinski definition) is 2. The summed E-state index contributed by atoms with van der Waals surface area (Å²) >= 11 is 0. The number of nitrogens with zero attached hydrogens (tertiary/aromatic N) is 1. The van der Waals surface area contributed by atoms with Crippen LogP contribution in [0.4, 0.5) is 0 Å². The third-order valence-electron chi connectivity index (χ3n) is 2.56. The van der Waals surface area contributed by atoms with Crippen molar-refractivity contribution in [3.8, 4) is 0 Å². The van der Waals surface area contributed by atoms with E-state index in [1.807, 2.05) is 6.21 Å². The molecule has 2 unspecified atom stereocenters. The van der Waals surface area contributed by atoms with Gasteiger partial charge in [0.2, 0.25) is 5.91 Å². The molecule has 0 aromatic carbocycles. The van der Waals surface area contributed by atoms with Crippen LogP contribution in [0.15, 0.2) is 5.10 Å². The average molecular weight is 166 g/mol. The van der Waals surface area contributed by atoms with Crippen molar-refractivity contribution < 1.29 is 4.79 Å². The Morgan fingerprint density at radius 3 is 2.75 bits per heavy atom. The highest BCUT2D eigenvalue weighted by molar-refractivity contribution is 5.81. The first-order valence-corrected chi connectivity index (χ1v) is 4.60. The van der Waals surface area contributed by atoms with E-state index in [1.165, 1.54) is 6.42 Å². The van der Waals surface area contributed by atoms with Gasteiger partial charge in [-0.05, 0) is 31.1 Å². The summed E-state index contributed by atoms with van der Waals surface area (Å²) in [7, 11) is 0. The van der Waals surface area contributed by atoms with Gasteiger partial charge in [0.25, 0.3) is 0 Å². The SMILES string of the molecule is CC1CC1/C=N/NC(=O)C1CC1. The Morgan fingerprint density at radius 2 is 2.25 bits per heavy atom. The Bertz CT molecular complexity index is 221. The molecule has 0 heterocycles. The van der Waals surface area contributed by atoms with E-state index >= 15 is 0 Å². The van der Waals surface area contributed by atoms with E-state index in [4.69, 9.17) is 0 Å². The molecular weight excluding hydrogens is 152 g/mol. The minimum atomic E-state index is 0.0968. The lowest BCUT2D eigenvalue weighted by Crippen LogP contribution is -2.19. The van der Waals surface area contributed by atoms with Crippen molar-refractivity contribution >= 4 is 12.1 Å². The lowest BCUT2D eigenvalue weighted by molar-refractivity contribution is -0.122. The third kappa shape index (κ3) is 1.84. The number of carbonyl (C=O) groups is 1. The third-order valence-corrected chi connectivity index (χ3v) is 2.56. The predicted molar refractivity (Wildman–Crippen MR) is 46.6 cm³/mol. The number of amides is 1. The van der Waals surface area contributed by atoms with Crippen LogP contribution in [-0.4, -0.2) is 12.1 Å². The van der Waals surface area contributed by atoms with Crippen LogP contribution in [0.25, 0.3) is 0 Å². The van der Waals surface area contributed by atoms with Crippen molar-refractivity contribution in [3.63, 3.8) is 0 Å². The Kier molecular flexibility index (Phi) is 1.87. The summed E-state index contributed by atoms with van der Waals surface area (Å²) in [5, 5.41) is 3.92. The molecule has 2 fully saturated rings. The first-order chi connectivity index (χ1) is 5.77. The summed E-state index contributed by atoms with van der Waals surface area (Å²) in [5.41, 5.74) is 2.57. The summed E-state index contributed by atoms with van der Waals surface area (Å²) in [6, 6.07) is 0. The second-order valence-corrected chi connectivity index (χ2v) is 3.91. The maximum atomic E-state index is 11.1. The maximum absolute atomic E-state index is 11.1. The molecule has 0 saturated heterocycles. The van der Waals surface area contributed by atoms with Gasteiger partial charge in [0.1, 0.15) is 0 Å². The van der Waals surface area contributed by atoms with Crippen molar-refractivity contribution in [1.29, 1.82) is 0 Å². The fraction of sp³-hybridized carbons (Fsp3) is 0.778. The van der Waals surface area contributed by atoms with Gasteiger partial charge in [-0.25, -0.2) is 5.43 Å². The molecule has 1 N–H and O–H groups in total. The predicted octanol–water partition coefficient (Wildman–Crippen LogP) is 1.15. The van der Waals surface area contributed by atoms with Crippen LogP contribution in [0.1, 0.15) is 26.2 Å². The summed E-state index contributed by atoms with van der Waals surface area (Å²) in [5.74, 6) is 1.74. The maximum Gasteiger partial charge on any atom is 0.243 e.